The molecule has 0 bridgehead atoms. The summed E-state index contributed by atoms with van der Waals surface area (Å²) in [7, 11) is 0. The second kappa shape index (κ2) is 4.65. The molecule has 2 aromatic rings. The van der Waals surface area contributed by atoms with Crippen molar-refractivity contribution >= 4 is 5.78 Å². The predicted molar refractivity (Wildman–Crippen MR) is 77.5 cm³/mol. The number of hydrogen-bond donors (Lipinski definition) is 1. The molecule has 0 aliphatic rings. The van der Waals surface area contributed by atoms with Gasteiger partial charge in [-0.25, -0.2) is 4.98 Å². The third-order valence-electron chi connectivity index (χ3n) is 3.22. The van der Waals surface area contributed by atoms with E-state index in [1.165, 1.54) is 5.56 Å². The Bertz CT molecular complexity index is 618. The number of benzene rings is 1. The maximum absolute atomic E-state index is 11.5. The Morgan fingerprint density at radius 3 is 2.47 bits per heavy atom. The van der Waals surface area contributed by atoms with Crippen LogP contribution in [0.3, 0.4) is 0 Å². The van der Waals surface area contributed by atoms with Crippen molar-refractivity contribution < 1.29 is 4.79 Å². The monoisotopic (exact) mass is 256 g/mol. The van der Waals surface area contributed by atoms with Crippen LogP contribution in [0.4, 0.5) is 0 Å². The van der Waals surface area contributed by atoms with Crippen LogP contribution in [0.5, 0.6) is 0 Å². The van der Waals surface area contributed by atoms with Gasteiger partial charge >= 0.3 is 0 Å². The fourth-order valence-corrected chi connectivity index (χ4v) is 2.07. The molecule has 2 rings (SSSR count). The molecular weight excluding hydrogens is 236 g/mol. The number of aromatic amines is 1. The molecule has 0 saturated carbocycles. The van der Waals surface area contributed by atoms with Gasteiger partial charge in [-0.15, -0.1) is 0 Å². The van der Waals surface area contributed by atoms with Gasteiger partial charge in [0.15, 0.2) is 5.78 Å². The summed E-state index contributed by atoms with van der Waals surface area (Å²) in [5.74, 6) is 0.751. The maximum atomic E-state index is 11.5. The molecule has 1 heterocycles. The number of nitrogens with one attached hydrogen (secondary N) is 1. The highest BCUT2D eigenvalue weighted by molar-refractivity contribution is 5.93. The van der Waals surface area contributed by atoms with Crippen LogP contribution in [-0.2, 0) is 5.41 Å². The van der Waals surface area contributed by atoms with E-state index in [-0.39, 0.29) is 11.2 Å². The van der Waals surface area contributed by atoms with Crippen LogP contribution >= 0.6 is 0 Å². The number of rotatable bonds is 2. The van der Waals surface area contributed by atoms with Crippen LogP contribution < -0.4 is 0 Å². The molecular formula is C16H20N2O. The van der Waals surface area contributed by atoms with Crippen molar-refractivity contribution in [3.63, 3.8) is 0 Å². The van der Waals surface area contributed by atoms with Crippen molar-refractivity contribution in [1.29, 1.82) is 0 Å². The largest absolute Gasteiger partial charge is 0.341 e. The molecule has 0 unspecified atom stereocenters. The first-order chi connectivity index (χ1) is 8.79. The Labute approximate surface area is 114 Å². The third-order valence-corrected chi connectivity index (χ3v) is 3.22. The van der Waals surface area contributed by atoms with E-state index in [0.717, 1.165) is 17.1 Å². The van der Waals surface area contributed by atoms with Crippen molar-refractivity contribution in [1.82, 2.24) is 9.97 Å². The highest BCUT2D eigenvalue weighted by Gasteiger charge is 2.16. The molecule has 19 heavy (non-hydrogen) atoms. The minimum atomic E-state index is -0.00743. The molecule has 0 atom stereocenters. The standard InChI is InChI=1S/C16H20N2O/c1-10-14(11(2)19)18-15(17-10)12-7-6-8-13(9-12)16(3,4)5/h6-9H,1-5H3,(H,17,18). The van der Waals surface area contributed by atoms with Crippen LogP contribution in [0.25, 0.3) is 11.4 Å². The third kappa shape index (κ3) is 2.75. The predicted octanol–water partition coefficient (Wildman–Crippen LogP) is 3.89. The van der Waals surface area contributed by atoms with E-state index in [9.17, 15) is 4.79 Å². The molecule has 3 heteroatoms. The SMILES string of the molecule is CC(=O)c1nc(-c2cccc(C(C)(C)C)c2)[nH]c1C. The molecule has 1 aromatic heterocycles. The van der Waals surface area contributed by atoms with E-state index in [1.54, 1.807) is 6.92 Å². The summed E-state index contributed by atoms with van der Waals surface area (Å²) < 4.78 is 0. The maximum Gasteiger partial charge on any atom is 0.179 e. The topological polar surface area (TPSA) is 45.8 Å². The number of hydrogen-bond acceptors (Lipinski definition) is 2. The number of nitrogens with zero attached hydrogens (tertiary/aromatic N) is 1. The van der Waals surface area contributed by atoms with Crippen LogP contribution in [0.2, 0.25) is 0 Å². The highest BCUT2D eigenvalue weighted by Crippen LogP contribution is 2.26. The first-order valence-corrected chi connectivity index (χ1v) is 6.47. The van der Waals surface area contributed by atoms with Crippen molar-refractivity contribution in [2.75, 3.05) is 0 Å². The lowest BCUT2D eigenvalue weighted by Gasteiger charge is -2.19. The van der Waals surface area contributed by atoms with E-state index in [1.807, 2.05) is 19.1 Å². The average Bonchev–Trinajstić information content (AvgIpc) is 2.70. The zero-order valence-corrected chi connectivity index (χ0v) is 12.2. The lowest BCUT2D eigenvalue weighted by atomic mass is 9.86. The van der Waals surface area contributed by atoms with Gasteiger partial charge in [0.1, 0.15) is 11.5 Å². The fraction of sp³-hybridized carbons (Fsp3) is 0.375. The molecule has 0 aliphatic carbocycles. The van der Waals surface area contributed by atoms with Gasteiger partial charge in [0.25, 0.3) is 0 Å². The fourth-order valence-electron chi connectivity index (χ4n) is 2.07. The van der Waals surface area contributed by atoms with Gasteiger partial charge in [-0.3, -0.25) is 4.79 Å². The van der Waals surface area contributed by atoms with Gasteiger partial charge < -0.3 is 4.98 Å². The summed E-state index contributed by atoms with van der Waals surface area (Å²) in [6.45, 7) is 9.96. The Balaban J connectivity index is 2.48. The van der Waals surface area contributed by atoms with Crippen molar-refractivity contribution in [2.45, 2.75) is 40.0 Å². The number of imidazole rings is 1. The summed E-state index contributed by atoms with van der Waals surface area (Å²) >= 11 is 0. The Morgan fingerprint density at radius 1 is 1.26 bits per heavy atom. The van der Waals surface area contributed by atoms with E-state index in [4.69, 9.17) is 0 Å². The summed E-state index contributed by atoms with van der Waals surface area (Å²) in [5, 5.41) is 0. The first kappa shape index (κ1) is 13.5. The smallest absolute Gasteiger partial charge is 0.179 e. The molecule has 3 nitrogen and oxygen atoms in total. The van der Waals surface area contributed by atoms with Gasteiger partial charge in [0.2, 0.25) is 0 Å². The van der Waals surface area contributed by atoms with E-state index >= 15 is 0 Å². The van der Waals surface area contributed by atoms with Crippen LogP contribution in [0.1, 0.15) is 49.4 Å². The molecule has 0 radical (unpaired) electrons. The summed E-state index contributed by atoms with van der Waals surface area (Å²) in [4.78, 5) is 19.0. The molecule has 0 aliphatic heterocycles. The molecule has 1 aromatic carbocycles. The normalized spacial score (nSPS) is 11.6. The average molecular weight is 256 g/mol. The summed E-state index contributed by atoms with van der Waals surface area (Å²) in [6.07, 6.45) is 0. The minimum absolute atomic E-state index is 0.00743. The summed E-state index contributed by atoms with van der Waals surface area (Å²) in [5.41, 5.74) is 3.72. The van der Waals surface area contributed by atoms with Gasteiger partial charge in [-0.1, -0.05) is 39.0 Å². The van der Waals surface area contributed by atoms with E-state index < -0.39 is 0 Å². The minimum Gasteiger partial charge on any atom is -0.341 e. The lowest BCUT2D eigenvalue weighted by Crippen LogP contribution is -2.10. The number of aryl methyl sites for hydroxylation is 1. The molecule has 0 spiro atoms. The number of H-pyrrole nitrogens is 1. The highest BCUT2D eigenvalue weighted by atomic mass is 16.1. The van der Waals surface area contributed by atoms with E-state index in [2.05, 4.69) is 42.9 Å². The Morgan fingerprint density at radius 2 is 1.95 bits per heavy atom. The van der Waals surface area contributed by atoms with Gasteiger partial charge in [0, 0.05) is 18.2 Å². The molecule has 0 amide bonds. The molecule has 1 N–H and O–H groups in total. The van der Waals surface area contributed by atoms with Crippen molar-refractivity contribution in [2.24, 2.45) is 0 Å². The van der Waals surface area contributed by atoms with Crippen LogP contribution in [0, 0.1) is 6.92 Å². The van der Waals surface area contributed by atoms with Gasteiger partial charge in [-0.05, 0) is 24.0 Å². The second-order valence-electron chi connectivity index (χ2n) is 5.95. The van der Waals surface area contributed by atoms with Crippen molar-refractivity contribution in [3.05, 3.63) is 41.2 Å². The van der Waals surface area contributed by atoms with Gasteiger partial charge in [0.05, 0.1) is 0 Å². The molecule has 0 saturated heterocycles. The van der Waals surface area contributed by atoms with Crippen LogP contribution in [0.15, 0.2) is 24.3 Å². The molecule has 100 valence electrons. The Kier molecular flexibility index (Phi) is 3.31. The second-order valence-corrected chi connectivity index (χ2v) is 5.95. The zero-order valence-electron chi connectivity index (χ0n) is 12.2. The number of carbonyl (C=O) groups excluding carboxylic acids is 1. The molecule has 0 fully saturated rings. The number of ketones is 1. The number of carbonyl (C=O) groups is 1. The van der Waals surface area contributed by atoms with Gasteiger partial charge in [-0.2, -0.15) is 0 Å². The quantitative estimate of drug-likeness (QED) is 0.829. The lowest BCUT2D eigenvalue weighted by molar-refractivity contribution is 0.101. The van der Waals surface area contributed by atoms with E-state index in [0.29, 0.717) is 5.69 Å². The van der Waals surface area contributed by atoms with Crippen LogP contribution in [-0.4, -0.2) is 15.8 Å². The Hall–Kier alpha value is -1.90. The van der Waals surface area contributed by atoms with Crippen molar-refractivity contribution in [3.8, 4) is 11.4 Å². The zero-order chi connectivity index (χ0) is 14.2. The number of Topliss-reactive ketones (excluding diaryl/α,β-unsaturated/α-hetero) is 1. The summed E-state index contributed by atoms with van der Waals surface area (Å²) in [6, 6.07) is 8.28. The first-order valence-electron chi connectivity index (χ1n) is 6.47. The number of aromatic nitrogens is 2.